The molecule has 2 aromatic rings. The number of rotatable bonds is 6. The van der Waals surface area contributed by atoms with E-state index in [0.29, 0.717) is 13.2 Å². The third-order valence-corrected chi connectivity index (χ3v) is 4.70. The number of aromatic nitrogens is 2. The maximum absolute atomic E-state index is 12.6. The predicted octanol–water partition coefficient (Wildman–Crippen LogP) is 2.36. The van der Waals surface area contributed by atoms with Gasteiger partial charge in [0.25, 0.3) is 5.91 Å². The Labute approximate surface area is 148 Å². The summed E-state index contributed by atoms with van der Waals surface area (Å²) in [6, 6.07) is 7.67. The van der Waals surface area contributed by atoms with Crippen LogP contribution in [0.5, 0.6) is 5.75 Å². The summed E-state index contributed by atoms with van der Waals surface area (Å²) in [5.74, 6) is 1.67. The molecule has 0 fully saturated rings. The summed E-state index contributed by atoms with van der Waals surface area (Å²) in [7, 11) is 1.70. The molecule has 1 aromatic heterocycles. The third-order valence-electron chi connectivity index (χ3n) is 4.70. The van der Waals surface area contributed by atoms with Gasteiger partial charge in [-0.2, -0.15) is 0 Å². The van der Waals surface area contributed by atoms with Crippen molar-refractivity contribution in [1.82, 2.24) is 14.5 Å². The van der Waals surface area contributed by atoms with Crippen LogP contribution in [0.15, 0.2) is 30.5 Å². The molecule has 1 aromatic carbocycles. The molecule has 1 aliphatic heterocycles. The van der Waals surface area contributed by atoms with Crippen molar-refractivity contribution in [2.45, 2.75) is 32.9 Å². The second-order valence-electron chi connectivity index (χ2n) is 6.32. The normalized spacial score (nSPS) is 16.6. The Hall–Kier alpha value is -2.34. The lowest BCUT2D eigenvalue weighted by molar-refractivity contribution is -0.136. The van der Waals surface area contributed by atoms with Crippen LogP contribution in [0.3, 0.4) is 0 Å². The number of amides is 1. The van der Waals surface area contributed by atoms with Gasteiger partial charge >= 0.3 is 0 Å². The molecule has 25 heavy (non-hydrogen) atoms. The lowest BCUT2D eigenvalue weighted by atomic mass is 10.2. The van der Waals surface area contributed by atoms with Gasteiger partial charge in [0.05, 0.1) is 12.6 Å². The van der Waals surface area contributed by atoms with Crippen molar-refractivity contribution in [2.75, 3.05) is 26.9 Å². The SMILES string of the molecule is COCCc1cnc2n1CCN(C(=O)COc1ccccc1C)[C@H]2C. The number of imidazole rings is 1. The van der Waals surface area contributed by atoms with Gasteiger partial charge in [-0.1, -0.05) is 18.2 Å². The maximum Gasteiger partial charge on any atom is 0.261 e. The molecule has 0 saturated carbocycles. The molecule has 3 rings (SSSR count). The van der Waals surface area contributed by atoms with E-state index in [0.717, 1.165) is 35.8 Å². The van der Waals surface area contributed by atoms with Gasteiger partial charge in [-0.05, 0) is 25.5 Å². The van der Waals surface area contributed by atoms with Crippen molar-refractivity contribution < 1.29 is 14.3 Å². The highest BCUT2D eigenvalue weighted by Gasteiger charge is 2.30. The second-order valence-corrected chi connectivity index (χ2v) is 6.32. The zero-order chi connectivity index (χ0) is 17.8. The number of para-hydroxylation sites is 1. The van der Waals surface area contributed by atoms with E-state index in [9.17, 15) is 4.79 Å². The highest BCUT2D eigenvalue weighted by Crippen LogP contribution is 2.26. The van der Waals surface area contributed by atoms with Crippen molar-refractivity contribution >= 4 is 5.91 Å². The molecule has 134 valence electrons. The lowest BCUT2D eigenvalue weighted by Gasteiger charge is -2.34. The number of hydrogen-bond donors (Lipinski definition) is 0. The van der Waals surface area contributed by atoms with E-state index in [1.807, 2.05) is 49.2 Å². The number of aryl methyl sites for hydroxylation is 1. The van der Waals surface area contributed by atoms with Gasteiger partial charge in [-0.25, -0.2) is 4.98 Å². The standard InChI is InChI=1S/C19H25N3O3/c1-14-6-4-5-7-17(14)25-13-18(23)21-9-10-22-16(8-11-24-3)12-20-19(22)15(21)2/h4-7,12,15H,8-11,13H2,1-3H3/t15-/m0/s1. The molecule has 0 spiro atoms. The fourth-order valence-electron chi connectivity index (χ4n) is 3.25. The zero-order valence-corrected chi connectivity index (χ0v) is 15.1. The average Bonchev–Trinajstić information content (AvgIpc) is 3.03. The van der Waals surface area contributed by atoms with E-state index < -0.39 is 0 Å². The first-order valence-corrected chi connectivity index (χ1v) is 8.63. The van der Waals surface area contributed by atoms with Crippen LogP contribution in [0.4, 0.5) is 0 Å². The summed E-state index contributed by atoms with van der Waals surface area (Å²) < 4.78 is 13.1. The Bertz CT molecular complexity index is 741. The largest absolute Gasteiger partial charge is 0.484 e. The molecule has 0 saturated heterocycles. The Kier molecular flexibility index (Phi) is 5.38. The van der Waals surface area contributed by atoms with E-state index in [4.69, 9.17) is 9.47 Å². The molecule has 0 radical (unpaired) electrons. The fourth-order valence-corrected chi connectivity index (χ4v) is 3.25. The van der Waals surface area contributed by atoms with Crippen LogP contribution >= 0.6 is 0 Å². The van der Waals surface area contributed by atoms with Crippen molar-refractivity contribution in [3.63, 3.8) is 0 Å². The van der Waals surface area contributed by atoms with Crippen LogP contribution in [-0.2, 0) is 22.5 Å². The summed E-state index contributed by atoms with van der Waals surface area (Å²) in [5.41, 5.74) is 2.19. The monoisotopic (exact) mass is 343 g/mol. The van der Waals surface area contributed by atoms with Crippen molar-refractivity contribution in [1.29, 1.82) is 0 Å². The molecule has 2 heterocycles. The highest BCUT2D eigenvalue weighted by molar-refractivity contribution is 5.78. The molecule has 6 nitrogen and oxygen atoms in total. The predicted molar refractivity (Wildman–Crippen MR) is 94.6 cm³/mol. The van der Waals surface area contributed by atoms with Gasteiger partial charge in [0.2, 0.25) is 0 Å². The third kappa shape index (κ3) is 3.69. The Balaban J connectivity index is 1.65. The van der Waals surface area contributed by atoms with Crippen LogP contribution in [0.1, 0.15) is 30.0 Å². The number of nitrogens with zero attached hydrogens (tertiary/aromatic N) is 3. The van der Waals surface area contributed by atoms with Gasteiger partial charge in [-0.15, -0.1) is 0 Å². The Morgan fingerprint density at radius 3 is 2.88 bits per heavy atom. The van der Waals surface area contributed by atoms with Crippen molar-refractivity contribution in [2.24, 2.45) is 0 Å². The van der Waals surface area contributed by atoms with Crippen LogP contribution < -0.4 is 4.74 Å². The number of ether oxygens (including phenoxy) is 2. The molecular weight excluding hydrogens is 318 g/mol. The number of hydrogen-bond acceptors (Lipinski definition) is 4. The van der Waals surface area contributed by atoms with Gasteiger partial charge in [-0.3, -0.25) is 4.79 Å². The summed E-state index contributed by atoms with van der Waals surface area (Å²) in [5, 5.41) is 0. The Morgan fingerprint density at radius 2 is 2.12 bits per heavy atom. The quantitative estimate of drug-likeness (QED) is 0.808. The molecule has 6 heteroatoms. The summed E-state index contributed by atoms with van der Waals surface area (Å²) in [6.07, 6.45) is 2.73. The number of fused-ring (bicyclic) bond motifs is 1. The number of benzene rings is 1. The fraction of sp³-hybridized carbons (Fsp3) is 0.474. The van der Waals surface area contributed by atoms with Crippen molar-refractivity contribution in [3.8, 4) is 5.75 Å². The summed E-state index contributed by atoms with van der Waals surface area (Å²) in [4.78, 5) is 19.0. The minimum atomic E-state index is -0.0574. The number of carbonyl (C=O) groups is 1. The topological polar surface area (TPSA) is 56.6 Å². The first kappa shape index (κ1) is 17.5. The van der Waals surface area contributed by atoms with E-state index in [2.05, 4.69) is 9.55 Å². The molecule has 0 aliphatic carbocycles. The molecular formula is C19H25N3O3. The minimum absolute atomic E-state index is 0.0107. The number of methoxy groups -OCH3 is 1. The van der Waals surface area contributed by atoms with E-state index >= 15 is 0 Å². The van der Waals surface area contributed by atoms with Crippen molar-refractivity contribution in [3.05, 3.63) is 47.5 Å². The maximum atomic E-state index is 12.6. The molecule has 1 amide bonds. The van der Waals surface area contributed by atoms with Gasteiger partial charge in [0.1, 0.15) is 11.6 Å². The molecule has 0 N–H and O–H groups in total. The zero-order valence-electron chi connectivity index (χ0n) is 15.1. The summed E-state index contributed by atoms with van der Waals surface area (Å²) >= 11 is 0. The Morgan fingerprint density at radius 1 is 1.32 bits per heavy atom. The lowest BCUT2D eigenvalue weighted by Crippen LogP contribution is -2.43. The van der Waals surface area contributed by atoms with Gasteiger partial charge < -0.3 is 18.9 Å². The minimum Gasteiger partial charge on any atom is -0.484 e. The first-order chi connectivity index (χ1) is 12.1. The number of carbonyl (C=O) groups excluding carboxylic acids is 1. The van der Waals surface area contributed by atoms with Crippen LogP contribution in [-0.4, -0.2) is 47.2 Å². The average molecular weight is 343 g/mol. The molecule has 0 unspecified atom stereocenters. The van der Waals surface area contributed by atoms with E-state index in [1.165, 1.54) is 0 Å². The van der Waals surface area contributed by atoms with Crippen LogP contribution in [0, 0.1) is 6.92 Å². The second kappa shape index (κ2) is 7.70. The highest BCUT2D eigenvalue weighted by atomic mass is 16.5. The molecule has 1 atom stereocenters. The summed E-state index contributed by atoms with van der Waals surface area (Å²) in [6.45, 7) is 6.14. The van der Waals surface area contributed by atoms with E-state index in [-0.39, 0.29) is 18.6 Å². The van der Waals surface area contributed by atoms with Crippen LogP contribution in [0.25, 0.3) is 0 Å². The smallest absolute Gasteiger partial charge is 0.261 e. The molecule has 0 bridgehead atoms. The van der Waals surface area contributed by atoms with Gasteiger partial charge in [0.15, 0.2) is 6.61 Å². The van der Waals surface area contributed by atoms with Gasteiger partial charge in [0, 0.05) is 38.5 Å². The van der Waals surface area contributed by atoms with E-state index in [1.54, 1.807) is 7.11 Å². The first-order valence-electron chi connectivity index (χ1n) is 8.63. The molecule has 1 aliphatic rings. The van der Waals surface area contributed by atoms with Crippen LogP contribution in [0.2, 0.25) is 0 Å².